The van der Waals surface area contributed by atoms with Crippen LogP contribution in [0.15, 0.2) is 58.5 Å². The van der Waals surface area contributed by atoms with Crippen molar-refractivity contribution in [3.8, 4) is 0 Å². The maximum absolute atomic E-state index is 5.91. The summed E-state index contributed by atoms with van der Waals surface area (Å²) in [6.07, 6.45) is 1.80. The third kappa shape index (κ3) is 4.91. The molecule has 0 unspecified atom stereocenters. The number of halogens is 1. The van der Waals surface area contributed by atoms with E-state index in [1.54, 1.807) is 6.21 Å². The lowest BCUT2D eigenvalue weighted by molar-refractivity contribution is 1.11. The molecular formula is C16H17ClN2S. The number of benzene rings is 2. The molecule has 1 N–H and O–H groups in total. The van der Waals surface area contributed by atoms with Crippen LogP contribution in [0.25, 0.3) is 0 Å². The minimum Gasteiger partial charge on any atom is -0.278 e. The second-order valence-corrected chi connectivity index (χ2v) is 6.70. The Kier molecular flexibility index (Phi) is 5.50. The molecule has 0 bridgehead atoms. The van der Waals surface area contributed by atoms with E-state index >= 15 is 0 Å². The Morgan fingerprint density at radius 2 is 1.90 bits per heavy atom. The van der Waals surface area contributed by atoms with Gasteiger partial charge in [0.05, 0.1) is 11.9 Å². The molecule has 0 aliphatic rings. The Labute approximate surface area is 129 Å². The molecule has 0 fully saturated rings. The summed E-state index contributed by atoms with van der Waals surface area (Å²) >= 11 is 7.76. The Hall–Kier alpha value is -1.45. The van der Waals surface area contributed by atoms with Crippen LogP contribution in [0, 0.1) is 0 Å². The van der Waals surface area contributed by atoms with E-state index in [-0.39, 0.29) is 0 Å². The van der Waals surface area contributed by atoms with Gasteiger partial charge in [-0.2, -0.15) is 5.10 Å². The van der Waals surface area contributed by atoms with Gasteiger partial charge in [0.1, 0.15) is 0 Å². The van der Waals surface area contributed by atoms with E-state index < -0.39 is 0 Å². The molecule has 0 heterocycles. The Morgan fingerprint density at radius 3 is 2.55 bits per heavy atom. The number of thioether (sulfide) groups is 1. The summed E-state index contributed by atoms with van der Waals surface area (Å²) in [4.78, 5) is 1.28. The molecule has 20 heavy (non-hydrogen) atoms. The monoisotopic (exact) mass is 304 g/mol. The average molecular weight is 305 g/mol. The van der Waals surface area contributed by atoms with Crippen molar-refractivity contribution in [3.63, 3.8) is 0 Å². The van der Waals surface area contributed by atoms with Gasteiger partial charge >= 0.3 is 0 Å². The van der Waals surface area contributed by atoms with E-state index in [1.807, 2.05) is 36.0 Å². The summed E-state index contributed by atoms with van der Waals surface area (Å²) in [6, 6.07) is 15.8. The van der Waals surface area contributed by atoms with Crippen LogP contribution >= 0.6 is 23.4 Å². The molecule has 4 heteroatoms. The molecule has 0 saturated carbocycles. The zero-order valence-corrected chi connectivity index (χ0v) is 13.1. The first-order valence-corrected chi connectivity index (χ1v) is 7.70. The molecule has 0 aliphatic carbocycles. The molecule has 104 valence electrons. The first kappa shape index (κ1) is 14.9. The summed E-state index contributed by atoms with van der Waals surface area (Å²) in [7, 11) is 0. The topological polar surface area (TPSA) is 24.4 Å². The average Bonchev–Trinajstić information content (AvgIpc) is 2.40. The van der Waals surface area contributed by atoms with Crippen molar-refractivity contribution in [2.24, 2.45) is 5.10 Å². The predicted molar refractivity (Wildman–Crippen MR) is 90.1 cm³/mol. The van der Waals surface area contributed by atoms with E-state index in [1.165, 1.54) is 4.90 Å². The highest BCUT2D eigenvalue weighted by atomic mass is 35.5. The molecule has 0 aliphatic heterocycles. The van der Waals surface area contributed by atoms with Crippen LogP contribution < -0.4 is 5.43 Å². The third-order valence-electron chi connectivity index (χ3n) is 2.48. The summed E-state index contributed by atoms with van der Waals surface area (Å²) < 4.78 is 0. The minimum absolute atomic E-state index is 0.596. The lowest BCUT2D eigenvalue weighted by atomic mass is 10.2. The quantitative estimate of drug-likeness (QED) is 0.461. The van der Waals surface area contributed by atoms with Crippen molar-refractivity contribution in [1.29, 1.82) is 0 Å². The van der Waals surface area contributed by atoms with Crippen molar-refractivity contribution >= 4 is 35.3 Å². The highest BCUT2D eigenvalue weighted by molar-refractivity contribution is 7.99. The van der Waals surface area contributed by atoms with Gasteiger partial charge in [-0.3, -0.25) is 5.43 Å². The predicted octanol–water partition coefficient (Wildman–Crippen LogP) is 5.29. The molecule has 0 atom stereocenters. The molecule has 2 nitrogen and oxygen atoms in total. The van der Waals surface area contributed by atoms with E-state index in [9.17, 15) is 0 Å². The second kappa shape index (κ2) is 7.36. The summed E-state index contributed by atoms with van der Waals surface area (Å²) in [5, 5.41) is 5.49. The zero-order chi connectivity index (χ0) is 14.4. The Bertz CT molecular complexity index is 579. The van der Waals surface area contributed by atoms with Crippen molar-refractivity contribution in [1.82, 2.24) is 0 Å². The van der Waals surface area contributed by atoms with Crippen LogP contribution in [-0.4, -0.2) is 11.5 Å². The van der Waals surface area contributed by atoms with Gasteiger partial charge < -0.3 is 0 Å². The van der Waals surface area contributed by atoms with Crippen molar-refractivity contribution in [2.75, 3.05) is 5.43 Å². The molecule has 2 rings (SSSR count). The number of nitrogens with one attached hydrogen (secondary N) is 1. The van der Waals surface area contributed by atoms with Crippen LogP contribution in [0.4, 0.5) is 5.69 Å². The van der Waals surface area contributed by atoms with E-state index in [0.29, 0.717) is 10.3 Å². The highest BCUT2D eigenvalue weighted by Gasteiger charge is 1.97. The van der Waals surface area contributed by atoms with Crippen LogP contribution in [-0.2, 0) is 0 Å². The SMILES string of the molecule is CC(C)Sc1ccc(C=NNc2cccc(Cl)c2)cc1. The maximum Gasteiger partial charge on any atom is 0.0576 e. The normalized spacial score (nSPS) is 11.2. The van der Waals surface area contributed by atoms with E-state index in [2.05, 4.69) is 48.6 Å². The second-order valence-electron chi connectivity index (χ2n) is 4.62. The minimum atomic E-state index is 0.596. The smallest absolute Gasteiger partial charge is 0.0576 e. The molecule has 0 amide bonds. The van der Waals surface area contributed by atoms with Crippen LogP contribution in [0.2, 0.25) is 5.02 Å². The van der Waals surface area contributed by atoms with Gasteiger partial charge in [0.15, 0.2) is 0 Å². The van der Waals surface area contributed by atoms with Gasteiger partial charge in [0, 0.05) is 15.2 Å². The van der Waals surface area contributed by atoms with Gasteiger partial charge in [-0.05, 0) is 35.9 Å². The van der Waals surface area contributed by atoms with Crippen LogP contribution in [0.3, 0.4) is 0 Å². The zero-order valence-electron chi connectivity index (χ0n) is 11.5. The first-order chi connectivity index (χ1) is 9.63. The van der Waals surface area contributed by atoms with E-state index in [0.717, 1.165) is 11.3 Å². The van der Waals surface area contributed by atoms with Crippen LogP contribution in [0.1, 0.15) is 19.4 Å². The molecule has 0 saturated heterocycles. The van der Waals surface area contributed by atoms with Gasteiger partial charge in [-0.15, -0.1) is 11.8 Å². The van der Waals surface area contributed by atoms with Gasteiger partial charge in [0.2, 0.25) is 0 Å². The van der Waals surface area contributed by atoms with Gasteiger partial charge in [-0.1, -0.05) is 43.6 Å². The van der Waals surface area contributed by atoms with Crippen molar-refractivity contribution in [2.45, 2.75) is 24.0 Å². The maximum atomic E-state index is 5.91. The Morgan fingerprint density at radius 1 is 1.15 bits per heavy atom. The highest BCUT2D eigenvalue weighted by Crippen LogP contribution is 2.22. The van der Waals surface area contributed by atoms with Crippen molar-refractivity contribution < 1.29 is 0 Å². The van der Waals surface area contributed by atoms with Gasteiger partial charge in [-0.25, -0.2) is 0 Å². The van der Waals surface area contributed by atoms with Crippen molar-refractivity contribution in [3.05, 3.63) is 59.1 Å². The molecule has 0 aromatic heterocycles. The fourth-order valence-electron chi connectivity index (χ4n) is 1.64. The number of hydrogen-bond donors (Lipinski definition) is 1. The molecular weight excluding hydrogens is 288 g/mol. The first-order valence-electron chi connectivity index (χ1n) is 6.45. The number of hydrazone groups is 1. The Balaban J connectivity index is 1.94. The molecule has 0 radical (unpaired) electrons. The summed E-state index contributed by atoms with van der Waals surface area (Å²) in [5.41, 5.74) is 4.90. The third-order valence-corrected chi connectivity index (χ3v) is 3.73. The van der Waals surface area contributed by atoms with E-state index in [4.69, 9.17) is 11.6 Å². The number of rotatable bonds is 5. The summed E-state index contributed by atoms with van der Waals surface area (Å²) in [6.45, 7) is 4.38. The largest absolute Gasteiger partial charge is 0.278 e. The number of anilines is 1. The fourth-order valence-corrected chi connectivity index (χ4v) is 2.67. The lowest BCUT2D eigenvalue weighted by Gasteiger charge is -2.04. The number of nitrogens with zero attached hydrogens (tertiary/aromatic N) is 1. The number of hydrogen-bond acceptors (Lipinski definition) is 3. The molecule has 2 aromatic rings. The summed E-state index contributed by atoms with van der Waals surface area (Å²) in [5.74, 6) is 0. The van der Waals surface area contributed by atoms with Crippen LogP contribution in [0.5, 0.6) is 0 Å². The van der Waals surface area contributed by atoms with Gasteiger partial charge in [0.25, 0.3) is 0 Å². The lowest BCUT2D eigenvalue weighted by Crippen LogP contribution is -1.91. The molecule has 0 spiro atoms. The molecule has 2 aromatic carbocycles. The fraction of sp³-hybridized carbons (Fsp3) is 0.188. The standard InChI is InChI=1S/C16H17ClN2S/c1-12(2)20-16-8-6-13(7-9-16)11-18-19-15-5-3-4-14(17)10-15/h3-12,19H,1-2H3.